The van der Waals surface area contributed by atoms with E-state index in [4.69, 9.17) is 14.2 Å². The van der Waals surface area contributed by atoms with Crippen molar-refractivity contribution in [3.8, 4) is 11.5 Å². The molecule has 0 radical (unpaired) electrons. The smallest absolute Gasteiger partial charge is 0.253 e. The number of ether oxygens (including phenoxy) is 3. The number of carbonyl (C=O) groups excluding carboxylic acids is 1. The number of amides is 1. The van der Waals surface area contributed by atoms with Gasteiger partial charge in [0.25, 0.3) is 5.91 Å². The normalized spacial score (nSPS) is 18.1. The van der Waals surface area contributed by atoms with Crippen LogP contribution < -0.4 is 10.1 Å². The third-order valence-electron chi connectivity index (χ3n) is 4.26. The molecule has 0 aromatic heterocycles. The Morgan fingerprint density at radius 1 is 1.15 bits per heavy atom. The number of hydrogen-bond acceptors (Lipinski definition) is 4. The highest BCUT2D eigenvalue weighted by molar-refractivity contribution is 5.94. The van der Waals surface area contributed by atoms with Crippen molar-refractivity contribution in [2.45, 2.75) is 38.4 Å². The molecule has 1 heterocycles. The topological polar surface area (TPSA) is 56.8 Å². The number of para-hydroxylation sites is 1. The van der Waals surface area contributed by atoms with Gasteiger partial charge in [-0.05, 0) is 50.5 Å². The largest absolute Gasteiger partial charge is 0.457 e. The first-order chi connectivity index (χ1) is 12.7. The first-order valence-corrected chi connectivity index (χ1v) is 9.08. The Balaban J connectivity index is 1.51. The molecule has 26 heavy (non-hydrogen) atoms. The van der Waals surface area contributed by atoms with Crippen LogP contribution in [0.2, 0.25) is 0 Å². The lowest BCUT2D eigenvalue weighted by Crippen LogP contribution is -2.32. The van der Waals surface area contributed by atoms with E-state index >= 15 is 0 Å². The maximum atomic E-state index is 12.3. The molecule has 2 aromatic carbocycles. The van der Waals surface area contributed by atoms with E-state index in [1.165, 1.54) is 0 Å². The van der Waals surface area contributed by atoms with Gasteiger partial charge in [-0.2, -0.15) is 0 Å². The molecule has 2 aromatic rings. The quantitative estimate of drug-likeness (QED) is 0.800. The molecule has 1 amide bonds. The zero-order valence-electron chi connectivity index (χ0n) is 15.0. The van der Waals surface area contributed by atoms with E-state index < -0.39 is 6.10 Å². The van der Waals surface area contributed by atoms with Crippen molar-refractivity contribution >= 4 is 11.6 Å². The standard InChI is InChI=1S/C21H25NO4/c1-16(25-15-20-11-5-6-13-24-20)21(23)22-17-8-7-12-19(14-17)26-18-9-3-2-4-10-18/h2-4,7-10,12,14,16,20H,5-6,11,13,15H2,1H3,(H,22,23). The summed E-state index contributed by atoms with van der Waals surface area (Å²) in [5.74, 6) is 1.23. The predicted octanol–water partition coefficient (Wildman–Crippen LogP) is 4.39. The maximum absolute atomic E-state index is 12.3. The molecule has 0 bridgehead atoms. The van der Waals surface area contributed by atoms with Gasteiger partial charge in [-0.15, -0.1) is 0 Å². The van der Waals surface area contributed by atoms with E-state index in [9.17, 15) is 4.79 Å². The molecule has 1 aliphatic rings. The summed E-state index contributed by atoms with van der Waals surface area (Å²) >= 11 is 0. The fourth-order valence-electron chi connectivity index (χ4n) is 2.77. The van der Waals surface area contributed by atoms with Crippen LogP contribution in [0.15, 0.2) is 54.6 Å². The third-order valence-corrected chi connectivity index (χ3v) is 4.26. The summed E-state index contributed by atoms with van der Waals surface area (Å²) in [4.78, 5) is 12.3. The maximum Gasteiger partial charge on any atom is 0.253 e. The lowest BCUT2D eigenvalue weighted by molar-refractivity contribution is -0.130. The minimum Gasteiger partial charge on any atom is -0.457 e. The summed E-state index contributed by atoms with van der Waals surface area (Å²) in [5, 5.41) is 2.87. The van der Waals surface area contributed by atoms with Crippen molar-refractivity contribution in [2.24, 2.45) is 0 Å². The van der Waals surface area contributed by atoms with E-state index in [2.05, 4.69) is 5.32 Å². The monoisotopic (exact) mass is 355 g/mol. The molecule has 138 valence electrons. The first-order valence-electron chi connectivity index (χ1n) is 9.08. The Morgan fingerprint density at radius 3 is 2.73 bits per heavy atom. The minimum atomic E-state index is -0.542. The number of rotatable bonds is 7. The average molecular weight is 355 g/mol. The van der Waals surface area contributed by atoms with Crippen LogP contribution in [-0.4, -0.2) is 31.3 Å². The molecular weight excluding hydrogens is 330 g/mol. The van der Waals surface area contributed by atoms with Crippen LogP contribution in [0, 0.1) is 0 Å². The molecule has 1 N–H and O–H groups in total. The molecule has 1 fully saturated rings. The van der Waals surface area contributed by atoms with Gasteiger partial charge in [-0.3, -0.25) is 4.79 Å². The number of nitrogens with one attached hydrogen (secondary N) is 1. The summed E-state index contributed by atoms with van der Waals surface area (Å²) in [7, 11) is 0. The molecule has 1 saturated heterocycles. The van der Waals surface area contributed by atoms with E-state index in [1.807, 2.05) is 48.5 Å². The van der Waals surface area contributed by atoms with Gasteiger partial charge in [0.05, 0.1) is 12.7 Å². The van der Waals surface area contributed by atoms with Crippen LogP contribution in [0.25, 0.3) is 0 Å². The fraction of sp³-hybridized carbons (Fsp3) is 0.381. The van der Waals surface area contributed by atoms with Crippen LogP contribution in [0.4, 0.5) is 5.69 Å². The van der Waals surface area contributed by atoms with Crippen LogP contribution in [0.1, 0.15) is 26.2 Å². The molecule has 2 atom stereocenters. The van der Waals surface area contributed by atoms with Crippen LogP contribution in [-0.2, 0) is 14.3 Å². The fourth-order valence-corrected chi connectivity index (χ4v) is 2.77. The molecular formula is C21H25NO4. The molecule has 5 nitrogen and oxygen atoms in total. The molecule has 0 aliphatic carbocycles. The Kier molecular flexibility index (Phi) is 6.63. The first kappa shape index (κ1) is 18.4. The van der Waals surface area contributed by atoms with Gasteiger partial charge in [-0.1, -0.05) is 24.3 Å². The van der Waals surface area contributed by atoms with Gasteiger partial charge < -0.3 is 19.5 Å². The van der Waals surface area contributed by atoms with Crippen molar-refractivity contribution in [2.75, 3.05) is 18.5 Å². The highest BCUT2D eigenvalue weighted by Gasteiger charge is 2.19. The Hall–Kier alpha value is -2.37. The molecule has 0 spiro atoms. The van der Waals surface area contributed by atoms with Crippen molar-refractivity contribution < 1.29 is 19.0 Å². The van der Waals surface area contributed by atoms with Gasteiger partial charge in [0.15, 0.2) is 0 Å². The van der Waals surface area contributed by atoms with Crippen molar-refractivity contribution in [1.29, 1.82) is 0 Å². The Labute approximate surface area is 154 Å². The van der Waals surface area contributed by atoms with E-state index in [1.54, 1.807) is 13.0 Å². The molecule has 2 unspecified atom stereocenters. The van der Waals surface area contributed by atoms with E-state index in [0.29, 0.717) is 18.0 Å². The van der Waals surface area contributed by atoms with Crippen LogP contribution >= 0.6 is 0 Å². The van der Waals surface area contributed by atoms with E-state index in [-0.39, 0.29) is 12.0 Å². The Bertz CT molecular complexity index is 698. The second-order valence-corrected chi connectivity index (χ2v) is 6.40. The molecule has 0 saturated carbocycles. The second kappa shape index (κ2) is 9.36. The van der Waals surface area contributed by atoms with E-state index in [0.717, 1.165) is 31.6 Å². The Morgan fingerprint density at radius 2 is 1.96 bits per heavy atom. The summed E-state index contributed by atoms with van der Waals surface area (Å²) in [5.41, 5.74) is 0.674. The number of carbonyl (C=O) groups is 1. The highest BCUT2D eigenvalue weighted by atomic mass is 16.5. The van der Waals surface area contributed by atoms with Crippen molar-refractivity contribution in [3.05, 3.63) is 54.6 Å². The highest BCUT2D eigenvalue weighted by Crippen LogP contribution is 2.24. The predicted molar refractivity (Wildman–Crippen MR) is 101 cm³/mol. The number of anilines is 1. The zero-order valence-corrected chi connectivity index (χ0v) is 15.0. The SMILES string of the molecule is CC(OCC1CCCCO1)C(=O)Nc1cccc(Oc2ccccc2)c1. The van der Waals surface area contributed by atoms with Gasteiger partial charge in [0.1, 0.15) is 17.6 Å². The molecule has 3 rings (SSSR count). The van der Waals surface area contributed by atoms with Crippen LogP contribution in [0.3, 0.4) is 0 Å². The van der Waals surface area contributed by atoms with Gasteiger partial charge >= 0.3 is 0 Å². The lowest BCUT2D eigenvalue weighted by atomic mass is 10.1. The molecule has 5 heteroatoms. The summed E-state index contributed by atoms with van der Waals surface area (Å²) < 4.78 is 17.1. The summed E-state index contributed by atoms with van der Waals surface area (Å²) in [6.45, 7) is 2.98. The lowest BCUT2D eigenvalue weighted by Gasteiger charge is -2.23. The van der Waals surface area contributed by atoms with Crippen molar-refractivity contribution in [1.82, 2.24) is 0 Å². The van der Waals surface area contributed by atoms with Gasteiger partial charge in [0, 0.05) is 18.4 Å². The summed E-state index contributed by atoms with van der Waals surface area (Å²) in [6, 6.07) is 16.8. The molecule has 1 aliphatic heterocycles. The second-order valence-electron chi connectivity index (χ2n) is 6.40. The number of hydrogen-bond donors (Lipinski definition) is 1. The van der Waals surface area contributed by atoms with Crippen molar-refractivity contribution in [3.63, 3.8) is 0 Å². The van der Waals surface area contributed by atoms with Gasteiger partial charge in [0.2, 0.25) is 0 Å². The van der Waals surface area contributed by atoms with Crippen LogP contribution in [0.5, 0.6) is 11.5 Å². The minimum absolute atomic E-state index is 0.0987. The average Bonchev–Trinajstić information content (AvgIpc) is 2.68. The summed E-state index contributed by atoms with van der Waals surface area (Å²) in [6.07, 6.45) is 2.81. The third kappa shape index (κ3) is 5.58. The van der Waals surface area contributed by atoms with Gasteiger partial charge in [-0.25, -0.2) is 0 Å². The number of benzene rings is 2. The zero-order chi connectivity index (χ0) is 18.2.